The smallest absolute Gasteiger partial charge is 0.272 e. The highest BCUT2D eigenvalue weighted by atomic mass is 35.5. The molecule has 23 heavy (non-hydrogen) atoms. The second-order valence-corrected chi connectivity index (χ2v) is 6.11. The molecule has 120 valence electrons. The van der Waals surface area contributed by atoms with Gasteiger partial charge in [-0.3, -0.25) is 9.59 Å². The molecule has 3 N–H and O–H groups in total. The summed E-state index contributed by atoms with van der Waals surface area (Å²) in [7, 11) is 0. The van der Waals surface area contributed by atoms with Crippen molar-refractivity contribution in [2.24, 2.45) is 5.73 Å². The lowest BCUT2D eigenvalue weighted by Gasteiger charge is -2.26. The van der Waals surface area contributed by atoms with Crippen LogP contribution < -0.4 is 11.1 Å². The van der Waals surface area contributed by atoms with Crippen molar-refractivity contribution < 1.29 is 9.59 Å². The Labute approximate surface area is 138 Å². The summed E-state index contributed by atoms with van der Waals surface area (Å²) in [5.74, 6) is -0.898. The van der Waals surface area contributed by atoms with Gasteiger partial charge in [0.1, 0.15) is 5.54 Å². The Morgan fingerprint density at radius 1 is 1.22 bits per heavy atom. The Bertz CT molecular complexity index is 750. The van der Waals surface area contributed by atoms with Crippen LogP contribution in [-0.2, 0) is 4.79 Å². The predicted molar refractivity (Wildman–Crippen MR) is 86.4 cm³/mol. The van der Waals surface area contributed by atoms with Crippen LogP contribution in [0.2, 0.25) is 5.02 Å². The fourth-order valence-corrected chi connectivity index (χ4v) is 3.13. The first-order valence-corrected chi connectivity index (χ1v) is 7.83. The molecule has 6 nitrogen and oxygen atoms in total. The lowest BCUT2D eigenvalue weighted by atomic mass is 9.96. The predicted octanol–water partition coefficient (Wildman–Crippen LogP) is 2.05. The number of benzene rings is 1. The highest BCUT2D eigenvalue weighted by Gasteiger charge is 2.41. The van der Waals surface area contributed by atoms with E-state index in [4.69, 9.17) is 17.3 Å². The normalized spacial score (nSPS) is 16.2. The zero-order valence-electron chi connectivity index (χ0n) is 12.5. The standard InChI is InChI=1S/C16H17ClN4O2/c17-11-5-1-2-6-13(11)21-10-7-12(20-21)14(22)19-16(15(18)23)8-3-4-9-16/h1-2,5-7,10H,3-4,8-9H2,(H2,18,23)(H,19,22). The van der Waals surface area contributed by atoms with Gasteiger partial charge >= 0.3 is 0 Å². The molecule has 0 bridgehead atoms. The SMILES string of the molecule is NC(=O)C1(NC(=O)c2ccn(-c3ccccc3Cl)n2)CCCC1. The number of aromatic nitrogens is 2. The number of nitrogens with one attached hydrogen (secondary N) is 1. The van der Waals surface area contributed by atoms with Crippen LogP contribution in [0, 0.1) is 0 Å². The fourth-order valence-electron chi connectivity index (χ4n) is 2.91. The third-order valence-electron chi connectivity index (χ3n) is 4.20. The van der Waals surface area contributed by atoms with Gasteiger partial charge in [-0.15, -0.1) is 0 Å². The van der Waals surface area contributed by atoms with Gasteiger partial charge in [-0.2, -0.15) is 5.10 Å². The van der Waals surface area contributed by atoms with Gasteiger partial charge in [-0.25, -0.2) is 4.68 Å². The van der Waals surface area contributed by atoms with Crippen molar-refractivity contribution in [3.05, 3.63) is 47.2 Å². The van der Waals surface area contributed by atoms with Crippen LogP contribution in [0.25, 0.3) is 5.69 Å². The third kappa shape index (κ3) is 2.94. The topological polar surface area (TPSA) is 90.0 Å². The molecule has 0 radical (unpaired) electrons. The van der Waals surface area contributed by atoms with E-state index in [1.54, 1.807) is 24.4 Å². The Kier molecular flexibility index (Phi) is 4.09. The molecular formula is C16H17ClN4O2. The lowest BCUT2D eigenvalue weighted by Crippen LogP contribution is -2.55. The quantitative estimate of drug-likeness (QED) is 0.897. The largest absolute Gasteiger partial charge is 0.368 e. The summed E-state index contributed by atoms with van der Waals surface area (Å²) in [5.41, 5.74) is 5.42. The Morgan fingerprint density at radius 2 is 1.91 bits per heavy atom. The maximum atomic E-state index is 12.4. The minimum Gasteiger partial charge on any atom is -0.368 e. The number of rotatable bonds is 4. The molecule has 0 atom stereocenters. The van der Waals surface area contributed by atoms with E-state index in [2.05, 4.69) is 10.4 Å². The maximum absolute atomic E-state index is 12.4. The number of carbonyl (C=O) groups excluding carboxylic acids is 2. The van der Waals surface area contributed by atoms with Crippen LogP contribution in [0.5, 0.6) is 0 Å². The summed E-state index contributed by atoms with van der Waals surface area (Å²) < 4.78 is 1.53. The molecule has 1 heterocycles. The first kappa shape index (κ1) is 15.6. The summed E-state index contributed by atoms with van der Waals surface area (Å²) in [6.07, 6.45) is 4.54. The summed E-state index contributed by atoms with van der Waals surface area (Å²) in [6.45, 7) is 0. The summed E-state index contributed by atoms with van der Waals surface area (Å²) in [6, 6.07) is 8.79. The minimum atomic E-state index is -0.953. The van der Waals surface area contributed by atoms with Crippen LogP contribution in [-0.4, -0.2) is 27.1 Å². The highest BCUT2D eigenvalue weighted by Crippen LogP contribution is 2.29. The van der Waals surface area contributed by atoms with Gasteiger partial charge in [0, 0.05) is 6.20 Å². The molecule has 1 aromatic carbocycles. The number of carbonyl (C=O) groups is 2. The summed E-state index contributed by atoms with van der Waals surface area (Å²) in [4.78, 5) is 24.1. The van der Waals surface area contributed by atoms with E-state index >= 15 is 0 Å². The van der Waals surface area contributed by atoms with E-state index < -0.39 is 17.4 Å². The number of nitrogens with two attached hydrogens (primary N) is 1. The molecule has 1 fully saturated rings. The van der Waals surface area contributed by atoms with Gasteiger partial charge < -0.3 is 11.1 Å². The van der Waals surface area contributed by atoms with Crippen LogP contribution in [0.4, 0.5) is 0 Å². The van der Waals surface area contributed by atoms with Gasteiger partial charge in [0.25, 0.3) is 5.91 Å². The van der Waals surface area contributed by atoms with Crippen LogP contribution in [0.15, 0.2) is 36.5 Å². The van der Waals surface area contributed by atoms with Crippen molar-refractivity contribution >= 4 is 23.4 Å². The van der Waals surface area contributed by atoms with Crippen LogP contribution in [0.1, 0.15) is 36.2 Å². The molecule has 0 aliphatic heterocycles. The molecule has 3 rings (SSSR count). The van der Waals surface area contributed by atoms with Crippen molar-refractivity contribution in [3.63, 3.8) is 0 Å². The summed E-state index contributed by atoms with van der Waals surface area (Å²) in [5, 5.41) is 7.54. The molecule has 0 unspecified atom stereocenters. The molecule has 2 aromatic rings. The molecule has 7 heteroatoms. The van der Waals surface area contributed by atoms with Crippen LogP contribution >= 0.6 is 11.6 Å². The van der Waals surface area contributed by atoms with E-state index in [9.17, 15) is 9.59 Å². The number of hydrogen-bond donors (Lipinski definition) is 2. The molecule has 1 saturated carbocycles. The zero-order chi connectivity index (χ0) is 16.4. The Morgan fingerprint density at radius 3 is 2.57 bits per heavy atom. The molecular weight excluding hydrogens is 316 g/mol. The molecule has 0 spiro atoms. The Balaban J connectivity index is 1.82. The van der Waals surface area contributed by atoms with Crippen molar-refractivity contribution in [2.45, 2.75) is 31.2 Å². The van der Waals surface area contributed by atoms with E-state index in [0.717, 1.165) is 12.8 Å². The highest BCUT2D eigenvalue weighted by molar-refractivity contribution is 6.32. The maximum Gasteiger partial charge on any atom is 0.272 e. The first-order valence-electron chi connectivity index (χ1n) is 7.45. The number of nitrogens with zero attached hydrogens (tertiary/aromatic N) is 2. The summed E-state index contributed by atoms with van der Waals surface area (Å²) >= 11 is 6.13. The molecule has 1 aromatic heterocycles. The number of halogens is 1. The number of hydrogen-bond acceptors (Lipinski definition) is 3. The van der Waals surface area contributed by atoms with E-state index in [1.165, 1.54) is 4.68 Å². The van der Waals surface area contributed by atoms with E-state index in [1.807, 2.05) is 12.1 Å². The number of para-hydroxylation sites is 1. The van der Waals surface area contributed by atoms with Crippen molar-refractivity contribution in [1.82, 2.24) is 15.1 Å². The van der Waals surface area contributed by atoms with E-state index in [-0.39, 0.29) is 5.69 Å². The van der Waals surface area contributed by atoms with Crippen LogP contribution in [0.3, 0.4) is 0 Å². The zero-order valence-corrected chi connectivity index (χ0v) is 13.2. The van der Waals surface area contributed by atoms with Gasteiger partial charge in [0.15, 0.2) is 5.69 Å². The van der Waals surface area contributed by atoms with Gasteiger partial charge in [0.2, 0.25) is 5.91 Å². The fraction of sp³-hybridized carbons (Fsp3) is 0.312. The molecule has 1 aliphatic carbocycles. The third-order valence-corrected chi connectivity index (χ3v) is 4.52. The first-order chi connectivity index (χ1) is 11.0. The van der Waals surface area contributed by atoms with Crippen molar-refractivity contribution in [2.75, 3.05) is 0 Å². The van der Waals surface area contributed by atoms with Gasteiger partial charge in [0.05, 0.1) is 10.7 Å². The monoisotopic (exact) mass is 332 g/mol. The van der Waals surface area contributed by atoms with Gasteiger partial charge in [-0.1, -0.05) is 36.6 Å². The number of primary amides is 1. The second kappa shape index (κ2) is 6.04. The average Bonchev–Trinajstić information content (AvgIpc) is 3.17. The molecule has 0 saturated heterocycles. The Hall–Kier alpha value is -2.34. The van der Waals surface area contributed by atoms with Gasteiger partial charge in [-0.05, 0) is 31.0 Å². The molecule has 2 amide bonds. The minimum absolute atomic E-state index is 0.220. The van der Waals surface area contributed by atoms with Crippen molar-refractivity contribution in [3.8, 4) is 5.69 Å². The molecule has 1 aliphatic rings. The number of amides is 2. The second-order valence-electron chi connectivity index (χ2n) is 5.70. The average molecular weight is 333 g/mol. The van der Waals surface area contributed by atoms with Crippen molar-refractivity contribution in [1.29, 1.82) is 0 Å². The lowest BCUT2D eigenvalue weighted by molar-refractivity contribution is -0.123. The van der Waals surface area contributed by atoms with E-state index in [0.29, 0.717) is 23.6 Å².